The van der Waals surface area contributed by atoms with Crippen LogP contribution in [0.3, 0.4) is 0 Å². The van der Waals surface area contributed by atoms with Gasteiger partial charge in [0.1, 0.15) is 0 Å². The molecule has 2 rings (SSSR count). The van der Waals surface area contributed by atoms with Crippen LogP contribution in [0, 0.1) is 0 Å². The van der Waals surface area contributed by atoms with Crippen molar-refractivity contribution in [3.63, 3.8) is 0 Å². The highest BCUT2D eigenvalue weighted by Crippen LogP contribution is 2.25. The van der Waals surface area contributed by atoms with Crippen LogP contribution >= 0.6 is 35.3 Å². The number of halogens is 4. The molecule has 0 spiro atoms. The number of nitrogens with zero attached hydrogens (tertiary/aromatic N) is 2. The Morgan fingerprint density at radius 3 is 2.64 bits per heavy atom. The minimum atomic E-state index is -4.17. The molecule has 1 atom stereocenters. The second kappa shape index (κ2) is 11.2. The van der Waals surface area contributed by atoms with Crippen LogP contribution in [0.4, 0.5) is 13.2 Å². The zero-order valence-electron chi connectivity index (χ0n) is 14.0. The maximum Gasteiger partial charge on any atom is 0.390 e. The first kappa shape index (κ1) is 22.5. The third-order valence-electron chi connectivity index (χ3n) is 3.75. The lowest BCUT2D eigenvalue weighted by Gasteiger charge is -2.34. The molecule has 1 fully saturated rings. The summed E-state index contributed by atoms with van der Waals surface area (Å²) in [4.78, 5) is 7.54. The fraction of sp³-hybridized carbons (Fsp3) is 0.667. The van der Waals surface area contributed by atoms with E-state index >= 15 is 0 Å². The molecule has 0 aromatic carbocycles. The predicted molar refractivity (Wildman–Crippen MR) is 105 cm³/mol. The Bertz CT molecular complexity index is 507. The van der Waals surface area contributed by atoms with Gasteiger partial charge in [-0.3, -0.25) is 9.89 Å². The summed E-state index contributed by atoms with van der Waals surface area (Å²) in [5, 5.41) is 7.87. The van der Waals surface area contributed by atoms with Gasteiger partial charge in [0.15, 0.2) is 5.96 Å². The quantitative estimate of drug-likeness (QED) is 0.365. The lowest BCUT2D eigenvalue weighted by molar-refractivity contribution is -0.132. The van der Waals surface area contributed by atoms with Gasteiger partial charge in [0.25, 0.3) is 0 Å². The van der Waals surface area contributed by atoms with E-state index in [1.807, 2.05) is 11.4 Å². The number of alkyl halides is 3. The number of thiophene rings is 1. The molecule has 144 valence electrons. The van der Waals surface area contributed by atoms with Crippen molar-refractivity contribution in [2.45, 2.75) is 18.6 Å². The van der Waals surface area contributed by atoms with Crippen LogP contribution in [0.1, 0.15) is 17.3 Å². The van der Waals surface area contributed by atoms with E-state index in [2.05, 4.69) is 26.6 Å². The Balaban J connectivity index is 0.00000312. The topological polar surface area (TPSA) is 48.9 Å². The lowest BCUT2D eigenvalue weighted by atomic mass is 10.2. The van der Waals surface area contributed by atoms with Crippen molar-refractivity contribution >= 4 is 41.3 Å². The molecule has 1 aromatic rings. The number of guanidine groups is 1. The van der Waals surface area contributed by atoms with Gasteiger partial charge in [-0.25, -0.2) is 0 Å². The highest BCUT2D eigenvalue weighted by atomic mass is 127. The van der Waals surface area contributed by atoms with Crippen LogP contribution in [0.5, 0.6) is 0 Å². The summed E-state index contributed by atoms with van der Waals surface area (Å²) in [6.07, 6.45) is -5.05. The van der Waals surface area contributed by atoms with Crippen molar-refractivity contribution in [2.24, 2.45) is 4.99 Å². The van der Waals surface area contributed by atoms with Gasteiger partial charge in [-0.15, -0.1) is 35.3 Å². The molecule has 0 saturated carbocycles. The van der Waals surface area contributed by atoms with Crippen LogP contribution in [-0.4, -0.2) is 63.5 Å². The first-order valence-corrected chi connectivity index (χ1v) is 8.74. The predicted octanol–water partition coefficient (Wildman–Crippen LogP) is 2.86. The van der Waals surface area contributed by atoms with Gasteiger partial charge < -0.3 is 15.4 Å². The molecule has 0 radical (unpaired) electrons. The van der Waals surface area contributed by atoms with Crippen molar-refractivity contribution in [3.8, 4) is 0 Å². The number of aliphatic imine (C=N–C) groups is 1. The average Bonchev–Trinajstić information content (AvgIpc) is 3.07. The van der Waals surface area contributed by atoms with E-state index in [4.69, 9.17) is 4.74 Å². The molecule has 2 N–H and O–H groups in total. The van der Waals surface area contributed by atoms with E-state index in [9.17, 15) is 13.2 Å². The van der Waals surface area contributed by atoms with Crippen molar-refractivity contribution in [1.82, 2.24) is 15.5 Å². The molecule has 5 nitrogen and oxygen atoms in total. The van der Waals surface area contributed by atoms with Crippen LogP contribution in [0.15, 0.2) is 22.5 Å². The summed E-state index contributed by atoms with van der Waals surface area (Å²) in [7, 11) is 1.55. The van der Waals surface area contributed by atoms with E-state index in [0.717, 1.165) is 13.1 Å². The molecule has 10 heteroatoms. The molecule has 0 amide bonds. The molecule has 0 bridgehead atoms. The second-order valence-corrected chi connectivity index (χ2v) is 6.40. The van der Waals surface area contributed by atoms with E-state index in [1.54, 1.807) is 18.4 Å². The van der Waals surface area contributed by atoms with Crippen LogP contribution < -0.4 is 10.6 Å². The Kier molecular flexibility index (Phi) is 10.1. The maximum absolute atomic E-state index is 12.2. The molecule has 1 aromatic heterocycles. The van der Waals surface area contributed by atoms with Gasteiger partial charge in [0.05, 0.1) is 25.7 Å². The molecule has 1 unspecified atom stereocenters. The van der Waals surface area contributed by atoms with Gasteiger partial charge >= 0.3 is 6.18 Å². The molecular weight excluding hydrogens is 468 g/mol. The molecule has 1 aliphatic rings. The van der Waals surface area contributed by atoms with Crippen molar-refractivity contribution in [1.29, 1.82) is 0 Å². The minimum absolute atomic E-state index is 0. The zero-order valence-corrected chi connectivity index (χ0v) is 17.2. The monoisotopic (exact) mass is 492 g/mol. The summed E-state index contributed by atoms with van der Waals surface area (Å²) >= 11 is 1.67. The van der Waals surface area contributed by atoms with E-state index in [-0.39, 0.29) is 36.6 Å². The van der Waals surface area contributed by atoms with E-state index in [1.165, 1.54) is 4.88 Å². The SMILES string of the molecule is CN=C(NCCC(F)(F)F)NCC(c1cccs1)N1CCOCC1.I. The lowest BCUT2D eigenvalue weighted by Crippen LogP contribution is -2.46. The Labute approximate surface area is 167 Å². The summed E-state index contributed by atoms with van der Waals surface area (Å²) in [5.74, 6) is 0.383. The maximum atomic E-state index is 12.2. The molecular formula is C15H24F3IN4OS. The summed E-state index contributed by atoms with van der Waals surface area (Å²) < 4.78 is 42.1. The van der Waals surface area contributed by atoms with Gasteiger partial charge in [-0.05, 0) is 11.4 Å². The fourth-order valence-corrected chi connectivity index (χ4v) is 3.38. The third kappa shape index (κ3) is 8.09. The highest BCUT2D eigenvalue weighted by Gasteiger charge is 2.27. The molecule has 25 heavy (non-hydrogen) atoms. The molecule has 1 aliphatic heterocycles. The first-order chi connectivity index (χ1) is 11.5. The van der Waals surface area contributed by atoms with E-state index in [0.29, 0.717) is 25.7 Å². The number of nitrogens with one attached hydrogen (secondary N) is 2. The minimum Gasteiger partial charge on any atom is -0.379 e. The van der Waals surface area contributed by atoms with Gasteiger partial charge in [-0.2, -0.15) is 13.2 Å². The molecule has 2 heterocycles. The Morgan fingerprint density at radius 2 is 2.08 bits per heavy atom. The number of morpholine rings is 1. The summed E-state index contributed by atoms with van der Waals surface area (Å²) in [5.41, 5.74) is 0. The first-order valence-electron chi connectivity index (χ1n) is 7.86. The van der Waals surface area contributed by atoms with E-state index < -0.39 is 12.6 Å². The average molecular weight is 492 g/mol. The number of ether oxygens (including phenoxy) is 1. The Hall–Kier alpha value is -0.590. The summed E-state index contributed by atoms with van der Waals surface area (Å²) in [6, 6.07) is 4.23. The second-order valence-electron chi connectivity index (χ2n) is 5.42. The highest BCUT2D eigenvalue weighted by molar-refractivity contribution is 14.0. The van der Waals surface area contributed by atoms with Gasteiger partial charge in [0, 0.05) is 38.1 Å². The smallest absolute Gasteiger partial charge is 0.379 e. The molecule has 1 saturated heterocycles. The van der Waals surface area contributed by atoms with Gasteiger partial charge in [-0.1, -0.05) is 6.07 Å². The van der Waals surface area contributed by atoms with Gasteiger partial charge in [0.2, 0.25) is 0 Å². The largest absolute Gasteiger partial charge is 0.390 e. The molecule has 0 aliphatic carbocycles. The van der Waals surface area contributed by atoms with Crippen molar-refractivity contribution in [2.75, 3.05) is 46.4 Å². The Morgan fingerprint density at radius 1 is 1.36 bits per heavy atom. The third-order valence-corrected chi connectivity index (χ3v) is 4.72. The van der Waals surface area contributed by atoms with Crippen molar-refractivity contribution < 1.29 is 17.9 Å². The van der Waals surface area contributed by atoms with Crippen LogP contribution in [0.25, 0.3) is 0 Å². The van der Waals surface area contributed by atoms with Crippen LogP contribution in [0.2, 0.25) is 0 Å². The normalized spacial score (nSPS) is 17.7. The standard InChI is InChI=1S/C15H23F3N4OS.HI/c1-19-14(20-5-4-15(16,17)18)21-11-12(13-3-2-10-24-13)22-6-8-23-9-7-22;/h2-3,10,12H,4-9,11H2,1H3,(H2,19,20,21);1H. The summed E-state index contributed by atoms with van der Waals surface area (Å²) in [6.45, 7) is 3.45. The number of rotatable bonds is 6. The van der Waals surface area contributed by atoms with Crippen LogP contribution in [-0.2, 0) is 4.74 Å². The number of hydrogen-bond acceptors (Lipinski definition) is 4. The zero-order chi connectivity index (χ0) is 17.4. The fourth-order valence-electron chi connectivity index (χ4n) is 2.52. The van der Waals surface area contributed by atoms with Crippen molar-refractivity contribution in [3.05, 3.63) is 22.4 Å². The number of hydrogen-bond donors (Lipinski definition) is 2.